The molecule has 0 saturated carbocycles. The van der Waals surface area contributed by atoms with Gasteiger partial charge in [0.2, 0.25) is 0 Å². The summed E-state index contributed by atoms with van der Waals surface area (Å²) in [5.41, 5.74) is 0. The number of rotatable bonds is 3. The summed E-state index contributed by atoms with van der Waals surface area (Å²) >= 11 is 1.75. The average molecular weight is 156 g/mol. The summed E-state index contributed by atoms with van der Waals surface area (Å²) in [7, 11) is 0. The highest BCUT2D eigenvalue weighted by molar-refractivity contribution is 7.11. The Morgan fingerprint density at radius 2 is 2.50 bits per heavy atom. The topological polar surface area (TPSA) is 24.9 Å². The van der Waals surface area contributed by atoms with Crippen LogP contribution in [0.25, 0.3) is 0 Å². The average Bonchev–Trinajstić information content (AvgIpc) is 2.31. The van der Waals surface area contributed by atoms with Crippen LogP contribution in [-0.4, -0.2) is 11.5 Å². The van der Waals surface area contributed by atoms with E-state index < -0.39 is 0 Å². The minimum absolute atomic E-state index is 0.960. The molecule has 0 fully saturated rings. The van der Waals surface area contributed by atoms with Gasteiger partial charge >= 0.3 is 0 Å². The molecule has 2 nitrogen and oxygen atoms in total. The standard InChI is InChI=1S/C7H12N2S/c1-3-8-4-7-5-9-6(2)10-7/h5,8H,3-4H2,1-2H3. The van der Waals surface area contributed by atoms with Gasteiger partial charge in [-0.3, -0.25) is 0 Å². The second-order valence-electron chi connectivity index (χ2n) is 2.13. The molecule has 0 spiro atoms. The SMILES string of the molecule is CCNCc1cnc(C)s1. The zero-order chi connectivity index (χ0) is 7.40. The molecule has 0 aliphatic rings. The third kappa shape index (κ3) is 2.08. The Balaban J connectivity index is 2.42. The van der Waals surface area contributed by atoms with Crippen molar-refractivity contribution in [2.24, 2.45) is 0 Å². The van der Waals surface area contributed by atoms with E-state index in [9.17, 15) is 0 Å². The van der Waals surface area contributed by atoms with Gasteiger partial charge in [-0.25, -0.2) is 4.98 Å². The molecule has 1 rings (SSSR count). The highest BCUT2D eigenvalue weighted by Crippen LogP contribution is 2.10. The van der Waals surface area contributed by atoms with E-state index in [0.29, 0.717) is 0 Å². The molecular weight excluding hydrogens is 144 g/mol. The largest absolute Gasteiger partial charge is 0.312 e. The molecule has 0 bridgehead atoms. The molecule has 0 radical (unpaired) electrons. The minimum Gasteiger partial charge on any atom is -0.312 e. The summed E-state index contributed by atoms with van der Waals surface area (Å²) in [6.45, 7) is 6.12. The fraction of sp³-hybridized carbons (Fsp3) is 0.571. The van der Waals surface area contributed by atoms with E-state index >= 15 is 0 Å². The Morgan fingerprint density at radius 1 is 1.70 bits per heavy atom. The maximum atomic E-state index is 4.15. The molecule has 1 N–H and O–H groups in total. The number of aryl methyl sites for hydroxylation is 1. The third-order valence-electron chi connectivity index (χ3n) is 1.22. The van der Waals surface area contributed by atoms with Crippen LogP contribution in [0.5, 0.6) is 0 Å². The second kappa shape index (κ2) is 3.68. The van der Waals surface area contributed by atoms with Gasteiger partial charge in [0.25, 0.3) is 0 Å². The fourth-order valence-corrected chi connectivity index (χ4v) is 1.50. The van der Waals surface area contributed by atoms with Crippen LogP contribution in [0, 0.1) is 6.92 Å². The van der Waals surface area contributed by atoms with Crippen LogP contribution >= 0.6 is 11.3 Å². The molecule has 56 valence electrons. The smallest absolute Gasteiger partial charge is 0.0897 e. The highest BCUT2D eigenvalue weighted by atomic mass is 32.1. The van der Waals surface area contributed by atoms with E-state index in [0.717, 1.165) is 18.1 Å². The van der Waals surface area contributed by atoms with Crippen molar-refractivity contribution in [3.05, 3.63) is 16.1 Å². The van der Waals surface area contributed by atoms with Gasteiger partial charge in [-0.05, 0) is 13.5 Å². The van der Waals surface area contributed by atoms with Crippen LogP contribution in [0.2, 0.25) is 0 Å². The molecule has 0 aliphatic heterocycles. The first kappa shape index (κ1) is 7.69. The molecule has 0 saturated heterocycles. The molecular formula is C7H12N2S. The van der Waals surface area contributed by atoms with E-state index in [1.165, 1.54) is 4.88 Å². The number of thiazole rings is 1. The van der Waals surface area contributed by atoms with Gasteiger partial charge < -0.3 is 5.32 Å². The molecule has 3 heteroatoms. The van der Waals surface area contributed by atoms with Gasteiger partial charge in [0, 0.05) is 17.6 Å². The van der Waals surface area contributed by atoms with Crippen LogP contribution in [-0.2, 0) is 6.54 Å². The third-order valence-corrected chi connectivity index (χ3v) is 2.13. The maximum Gasteiger partial charge on any atom is 0.0897 e. The van der Waals surface area contributed by atoms with Crippen molar-refractivity contribution >= 4 is 11.3 Å². The van der Waals surface area contributed by atoms with Crippen molar-refractivity contribution in [2.45, 2.75) is 20.4 Å². The van der Waals surface area contributed by atoms with Crippen molar-refractivity contribution in [3.8, 4) is 0 Å². The molecule has 1 aromatic heterocycles. The predicted octanol–water partition coefficient (Wildman–Crippen LogP) is 1.56. The van der Waals surface area contributed by atoms with E-state index in [2.05, 4.69) is 17.2 Å². The predicted molar refractivity (Wildman–Crippen MR) is 44.2 cm³/mol. The Labute approximate surface area is 65.3 Å². The Bertz CT molecular complexity index is 195. The van der Waals surface area contributed by atoms with Crippen LogP contribution in [0.1, 0.15) is 16.8 Å². The Hall–Kier alpha value is -0.410. The van der Waals surface area contributed by atoms with E-state index in [1.54, 1.807) is 11.3 Å². The van der Waals surface area contributed by atoms with E-state index in [1.807, 2.05) is 13.1 Å². The molecule has 0 aliphatic carbocycles. The van der Waals surface area contributed by atoms with Crippen LogP contribution in [0.15, 0.2) is 6.20 Å². The Kier molecular flexibility index (Phi) is 2.83. The number of hydrogen-bond donors (Lipinski definition) is 1. The van der Waals surface area contributed by atoms with Crippen molar-refractivity contribution < 1.29 is 0 Å². The first-order valence-electron chi connectivity index (χ1n) is 3.45. The summed E-state index contributed by atoms with van der Waals surface area (Å²) in [5, 5.41) is 4.39. The Morgan fingerprint density at radius 3 is 3.00 bits per heavy atom. The van der Waals surface area contributed by atoms with Gasteiger partial charge in [-0.15, -0.1) is 11.3 Å². The van der Waals surface area contributed by atoms with Crippen molar-refractivity contribution in [1.82, 2.24) is 10.3 Å². The lowest BCUT2D eigenvalue weighted by Crippen LogP contribution is -2.10. The number of aromatic nitrogens is 1. The van der Waals surface area contributed by atoms with E-state index in [4.69, 9.17) is 0 Å². The summed E-state index contributed by atoms with van der Waals surface area (Å²) in [6.07, 6.45) is 1.93. The fourth-order valence-electron chi connectivity index (χ4n) is 0.735. The summed E-state index contributed by atoms with van der Waals surface area (Å²) in [5.74, 6) is 0. The summed E-state index contributed by atoms with van der Waals surface area (Å²) in [6, 6.07) is 0. The molecule has 0 aromatic carbocycles. The van der Waals surface area contributed by atoms with Gasteiger partial charge in [0.05, 0.1) is 5.01 Å². The number of nitrogens with zero attached hydrogens (tertiary/aromatic N) is 1. The van der Waals surface area contributed by atoms with Gasteiger partial charge in [0.1, 0.15) is 0 Å². The van der Waals surface area contributed by atoms with Gasteiger partial charge in [0.15, 0.2) is 0 Å². The molecule has 0 atom stereocenters. The summed E-state index contributed by atoms with van der Waals surface area (Å²) in [4.78, 5) is 5.47. The molecule has 0 unspecified atom stereocenters. The monoisotopic (exact) mass is 156 g/mol. The van der Waals surface area contributed by atoms with Crippen molar-refractivity contribution in [1.29, 1.82) is 0 Å². The lowest BCUT2D eigenvalue weighted by atomic mass is 10.5. The van der Waals surface area contributed by atoms with E-state index in [-0.39, 0.29) is 0 Å². The van der Waals surface area contributed by atoms with Gasteiger partial charge in [-0.2, -0.15) is 0 Å². The molecule has 1 heterocycles. The number of nitrogens with one attached hydrogen (secondary N) is 1. The quantitative estimate of drug-likeness (QED) is 0.718. The normalized spacial score (nSPS) is 10.2. The molecule has 0 amide bonds. The van der Waals surface area contributed by atoms with Crippen LogP contribution in [0.4, 0.5) is 0 Å². The molecule has 10 heavy (non-hydrogen) atoms. The van der Waals surface area contributed by atoms with Crippen LogP contribution < -0.4 is 5.32 Å². The lowest BCUT2D eigenvalue weighted by molar-refractivity contribution is 0.734. The van der Waals surface area contributed by atoms with Crippen molar-refractivity contribution in [2.75, 3.05) is 6.54 Å². The maximum absolute atomic E-state index is 4.15. The first-order valence-corrected chi connectivity index (χ1v) is 4.26. The summed E-state index contributed by atoms with van der Waals surface area (Å²) < 4.78 is 0. The zero-order valence-corrected chi connectivity index (χ0v) is 7.16. The molecule has 1 aromatic rings. The minimum atomic E-state index is 0.960. The highest BCUT2D eigenvalue weighted by Gasteiger charge is 1.94. The van der Waals surface area contributed by atoms with Gasteiger partial charge in [-0.1, -0.05) is 6.92 Å². The van der Waals surface area contributed by atoms with Crippen LogP contribution in [0.3, 0.4) is 0 Å². The van der Waals surface area contributed by atoms with Crippen molar-refractivity contribution in [3.63, 3.8) is 0 Å². The lowest BCUT2D eigenvalue weighted by Gasteiger charge is -1.94. The number of hydrogen-bond acceptors (Lipinski definition) is 3. The zero-order valence-electron chi connectivity index (χ0n) is 6.35. The first-order chi connectivity index (χ1) is 4.83. The second-order valence-corrected chi connectivity index (χ2v) is 3.45.